The fourth-order valence-corrected chi connectivity index (χ4v) is 4.23. The van der Waals surface area contributed by atoms with Crippen LogP contribution in [-0.2, 0) is 12.5 Å². The van der Waals surface area contributed by atoms with E-state index in [1.54, 1.807) is 6.92 Å². The van der Waals surface area contributed by atoms with Crippen molar-refractivity contribution in [3.8, 4) is 22.6 Å². The van der Waals surface area contributed by atoms with Gasteiger partial charge in [-0.1, -0.05) is 31.5 Å². The Morgan fingerprint density at radius 3 is 2.06 bits per heavy atom. The van der Waals surface area contributed by atoms with E-state index in [2.05, 4.69) is 4.74 Å². The number of hydrogen-bond acceptors (Lipinski definition) is 2. The maximum atomic E-state index is 15.3. The Hall–Kier alpha value is -3.23. The lowest BCUT2D eigenvalue weighted by atomic mass is 9.81. The molecule has 0 bridgehead atoms. The van der Waals surface area contributed by atoms with E-state index in [-0.39, 0.29) is 23.5 Å². The molecule has 0 amide bonds. The average Bonchev–Trinajstić information content (AvgIpc) is 2.80. The fourth-order valence-electron chi connectivity index (χ4n) is 4.23. The Bertz CT molecular complexity index is 1260. The van der Waals surface area contributed by atoms with Crippen molar-refractivity contribution in [3.05, 3.63) is 82.2 Å². The molecule has 3 aromatic rings. The van der Waals surface area contributed by atoms with Gasteiger partial charge in [-0.2, -0.15) is 8.78 Å². The maximum absolute atomic E-state index is 15.3. The molecule has 0 saturated heterocycles. The second-order valence-electron chi connectivity index (χ2n) is 8.09. The number of fused-ring (bicyclic) bond motifs is 3. The zero-order chi connectivity index (χ0) is 25.5. The van der Waals surface area contributed by atoms with Gasteiger partial charge in [0.05, 0.1) is 6.61 Å². The largest absolute Gasteiger partial charge is 0.491 e. The molecule has 0 aromatic heterocycles. The molecule has 9 heteroatoms. The van der Waals surface area contributed by atoms with Crippen LogP contribution in [0, 0.1) is 17.5 Å². The Labute approximate surface area is 197 Å². The van der Waals surface area contributed by atoms with Crippen molar-refractivity contribution in [3.63, 3.8) is 0 Å². The molecule has 1 aliphatic carbocycles. The van der Waals surface area contributed by atoms with Crippen LogP contribution >= 0.6 is 0 Å². The van der Waals surface area contributed by atoms with Crippen molar-refractivity contribution in [1.29, 1.82) is 0 Å². The third kappa shape index (κ3) is 4.32. The first-order valence-electron chi connectivity index (χ1n) is 11.0. The topological polar surface area (TPSA) is 18.5 Å². The van der Waals surface area contributed by atoms with Gasteiger partial charge in [-0.05, 0) is 48.2 Å². The minimum Gasteiger partial charge on any atom is -0.491 e. The highest BCUT2D eigenvalue weighted by Crippen LogP contribution is 2.52. The lowest BCUT2D eigenvalue weighted by molar-refractivity contribution is -0.187. The second-order valence-corrected chi connectivity index (χ2v) is 8.09. The van der Waals surface area contributed by atoms with Crippen molar-refractivity contribution in [2.24, 2.45) is 0 Å². The third-order valence-corrected chi connectivity index (χ3v) is 5.83. The van der Waals surface area contributed by atoms with Crippen LogP contribution in [0.1, 0.15) is 54.9 Å². The van der Waals surface area contributed by atoms with E-state index in [0.717, 1.165) is 18.2 Å². The van der Waals surface area contributed by atoms with E-state index < -0.39 is 58.3 Å². The highest BCUT2D eigenvalue weighted by atomic mass is 19.3. The van der Waals surface area contributed by atoms with Crippen molar-refractivity contribution in [1.82, 2.24) is 0 Å². The van der Waals surface area contributed by atoms with Crippen molar-refractivity contribution < 1.29 is 40.2 Å². The van der Waals surface area contributed by atoms with E-state index in [4.69, 9.17) is 4.74 Å². The molecular formula is C26H21F7O2. The quantitative estimate of drug-likeness (QED) is 0.305. The minimum absolute atomic E-state index is 0.0700. The summed E-state index contributed by atoms with van der Waals surface area (Å²) in [6, 6.07) is 7.14. The highest BCUT2D eigenvalue weighted by Gasteiger charge is 2.44. The lowest BCUT2D eigenvalue weighted by Crippen LogP contribution is -2.26. The van der Waals surface area contributed by atoms with Crippen LogP contribution in [0.25, 0.3) is 11.1 Å². The zero-order valence-electron chi connectivity index (χ0n) is 18.8. The molecule has 0 fully saturated rings. The Kier molecular flexibility index (Phi) is 6.71. The van der Waals surface area contributed by atoms with Crippen LogP contribution in [0.15, 0.2) is 42.5 Å². The normalized spacial score (nSPS) is 17.1. The smallest absolute Gasteiger partial charge is 0.429 e. The lowest BCUT2D eigenvalue weighted by Gasteiger charge is -2.29. The highest BCUT2D eigenvalue weighted by molar-refractivity contribution is 5.76. The summed E-state index contributed by atoms with van der Waals surface area (Å²) in [5, 5.41) is 0. The summed E-state index contributed by atoms with van der Waals surface area (Å²) in [4.78, 5) is 0. The standard InChI is InChI=1S/C26H21F7O2/c1-3-5-13-6-7-14(12-18(13)27)35-26(32,33)17-10-8-15-16-9-11-19(34-4-2)23(29)21(16)25(31)24(30)20(15)22(17)28/h6-12,24-25H,3-5H2,1-2H3. The number of ether oxygens (including phenoxy) is 2. The van der Waals surface area contributed by atoms with Gasteiger partial charge in [-0.25, -0.2) is 22.0 Å². The zero-order valence-corrected chi connectivity index (χ0v) is 18.8. The van der Waals surface area contributed by atoms with E-state index >= 15 is 8.78 Å². The number of aryl methyl sites for hydroxylation is 1. The Morgan fingerprint density at radius 1 is 0.829 bits per heavy atom. The van der Waals surface area contributed by atoms with Gasteiger partial charge in [0, 0.05) is 17.2 Å². The molecular weight excluding hydrogens is 477 g/mol. The van der Waals surface area contributed by atoms with E-state index in [1.807, 2.05) is 6.92 Å². The van der Waals surface area contributed by atoms with Crippen LogP contribution in [0.4, 0.5) is 30.7 Å². The third-order valence-electron chi connectivity index (χ3n) is 5.83. The molecule has 0 heterocycles. The van der Waals surface area contributed by atoms with Crippen molar-refractivity contribution in [2.75, 3.05) is 6.61 Å². The number of hydrogen-bond donors (Lipinski definition) is 0. The van der Waals surface area contributed by atoms with Gasteiger partial charge in [-0.15, -0.1) is 0 Å². The minimum atomic E-state index is -4.34. The number of benzene rings is 3. The molecule has 0 N–H and O–H groups in total. The molecule has 3 aromatic carbocycles. The summed E-state index contributed by atoms with van der Waals surface area (Å²) in [6.45, 7) is 3.47. The van der Waals surface area contributed by atoms with Gasteiger partial charge in [0.1, 0.15) is 22.9 Å². The molecule has 2 atom stereocenters. The van der Waals surface area contributed by atoms with E-state index in [9.17, 15) is 22.0 Å². The summed E-state index contributed by atoms with van der Waals surface area (Å²) in [5.41, 5.74) is -3.15. The predicted molar refractivity (Wildman–Crippen MR) is 116 cm³/mol. The number of halogens is 7. The monoisotopic (exact) mass is 498 g/mol. The van der Waals surface area contributed by atoms with Crippen LogP contribution in [0.2, 0.25) is 0 Å². The summed E-state index contributed by atoms with van der Waals surface area (Å²) < 4.78 is 114. The first-order valence-corrected chi connectivity index (χ1v) is 11.0. The van der Waals surface area contributed by atoms with Crippen LogP contribution in [0.3, 0.4) is 0 Å². The number of alkyl halides is 4. The summed E-state index contributed by atoms with van der Waals surface area (Å²) >= 11 is 0. The first-order chi connectivity index (χ1) is 16.6. The SMILES string of the molecule is CCCc1ccc(OC(F)(F)c2ccc3c(c2F)C(F)C(F)c2c-3ccc(OCC)c2F)cc1F. The van der Waals surface area contributed by atoms with Crippen molar-refractivity contribution in [2.45, 2.75) is 45.1 Å². The molecule has 0 spiro atoms. The molecule has 0 aliphatic heterocycles. The number of rotatable bonds is 7. The van der Waals surface area contributed by atoms with E-state index in [0.29, 0.717) is 24.5 Å². The van der Waals surface area contributed by atoms with Gasteiger partial charge >= 0.3 is 6.11 Å². The summed E-state index contributed by atoms with van der Waals surface area (Å²) in [7, 11) is 0. The first kappa shape index (κ1) is 24.9. The van der Waals surface area contributed by atoms with Gasteiger partial charge in [0.2, 0.25) is 0 Å². The maximum Gasteiger partial charge on any atom is 0.429 e. The summed E-state index contributed by atoms with van der Waals surface area (Å²) in [5.74, 6) is -4.51. The summed E-state index contributed by atoms with van der Waals surface area (Å²) in [6.07, 6.45) is -8.73. The van der Waals surface area contributed by atoms with Crippen LogP contribution < -0.4 is 9.47 Å². The average molecular weight is 498 g/mol. The fraction of sp³-hybridized carbons (Fsp3) is 0.308. The second kappa shape index (κ2) is 9.43. The molecule has 0 radical (unpaired) electrons. The Balaban J connectivity index is 1.76. The molecule has 1 aliphatic rings. The molecule has 2 nitrogen and oxygen atoms in total. The molecule has 2 unspecified atom stereocenters. The van der Waals surface area contributed by atoms with Gasteiger partial charge in [-0.3, -0.25) is 0 Å². The van der Waals surface area contributed by atoms with Crippen LogP contribution in [-0.4, -0.2) is 6.61 Å². The van der Waals surface area contributed by atoms with Crippen molar-refractivity contribution >= 4 is 0 Å². The molecule has 0 saturated carbocycles. The van der Waals surface area contributed by atoms with E-state index in [1.165, 1.54) is 18.2 Å². The molecule has 186 valence electrons. The Morgan fingerprint density at radius 2 is 1.46 bits per heavy atom. The molecule has 4 rings (SSSR count). The van der Waals surface area contributed by atoms with Gasteiger partial charge < -0.3 is 9.47 Å². The van der Waals surface area contributed by atoms with Gasteiger partial charge in [0.15, 0.2) is 23.9 Å². The van der Waals surface area contributed by atoms with Gasteiger partial charge in [0.25, 0.3) is 0 Å². The van der Waals surface area contributed by atoms with Crippen LogP contribution in [0.5, 0.6) is 11.5 Å². The predicted octanol–water partition coefficient (Wildman–Crippen LogP) is 8.29. The molecule has 35 heavy (non-hydrogen) atoms.